The zero-order chi connectivity index (χ0) is 45.2. The number of amides is 3. The number of hydrogen-bond donors (Lipinski definition) is 1. The average Bonchev–Trinajstić information content (AvgIpc) is 3.65. The van der Waals surface area contributed by atoms with Crippen molar-refractivity contribution >= 4 is 40.2 Å². The van der Waals surface area contributed by atoms with Crippen molar-refractivity contribution in [2.24, 2.45) is 7.05 Å². The molecule has 14 heteroatoms. The maximum Gasteiger partial charge on any atom is 0.246 e. The monoisotopic (exact) mass is 878 g/mol. The summed E-state index contributed by atoms with van der Waals surface area (Å²) in [6.45, 7) is 8.40. The standard InChI is InChI=1S/C51H58N8O6/c1-4-23-57-34-49(63)58-44(26-36-13-17-40(60)18-14-36)51(64)56(33-47(58)59(57)48(62)20-16-35-9-6-5-7-10-35)29-38-11-8-12-42-43(32-53(2)50(38)42)45(61)27-37-15-19-46(52-28-37)55-30-39(31-55)54-24-21-41(65-3)22-25-54/h4-15,17-19,28,32,39,41,44,47,60H,1,16,20-27,29-31,33-34H2,2-3H3/t44-,47-/m0/s1. The highest BCUT2D eigenvalue weighted by Crippen LogP contribution is 2.33. The molecular weight excluding hydrogens is 821 g/mol. The number of ketones is 1. The van der Waals surface area contributed by atoms with Gasteiger partial charge in [-0.25, -0.2) is 15.0 Å². The highest BCUT2D eigenvalue weighted by atomic mass is 16.5. The normalized spacial score (nSPS) is 20.0. The van der Waals surface area contributed by atoms with E-state index in [1.807, 2.05) is 84.7 Å². The molecular formula is C51H58N8O6. The van der Waals surface area contributed by atoms with Crippen LogP contribution in [0.3, 0.4) is 0 Å². The molecule has 4 aliphatic heterocycles. The molecule has 2 aromatic heterocycles. The van der Waals surface area contributed by atoms with Crippen LogP contribution in [0, 0.1) is 0 Å². The van der Waals surface area contributed by atoms with Gasteiger partial charge < -0.3 is 29.1 Å². The van der Waals surface area contributed by atoms with Crippen molar-refractivity contribution in [1.29, 1.82) is 0 Å². The third-order valence-corrected chi connectivity index (χ3v) is 13.7. The van der Waals surface area contributed by atoms with Crippen LogP contribution in [0.15, 0.2) is 110 Å². The van der Waals surface area contributed by atoms with Gasteiger partial charge in [-0.1, -0.05) is 72.8 Å². The van der Waals surface area contributed by atoms with Gasteiger partial charge >= 0.3 is 0 Å². The largest absolute Gasteiger partial charge is 0.508 e. The van der Waals surface area contributed by atoms with E-state index < -0.39 is 12.2 Å². The molecule has 4 saturated heterocycles. The number of fused-ring (bicyclic) bond motifs is 2. The Hall–Kier alpha value is -6.35. The third-order valence-electron chi connectivity index (χ3n) is 13.7. The minimum atomic E-state index is -0.910. The first-order chi connectivity index (χ1) is 31.6. The lowest BCUT2D eigenvalue weighted by Crippen LogP contribution is -2.75. The number of carbonyl (C=O) groups excluding carboxylic acids is 4. The van der Waals surface area contributed by atoms with Crippen molar-refractivity contribution in [3.63, 3.8) is 0 Å². The molecule has 0 unspecified atom stereocenters. The molecule has 1 N–H and O–H groups in total. The van der Waals surface area contributed by atoms with Crippen molar-refractivity contribution in [1.82, 2.24) is 34.3 Å². The van der Waals surface area contributed by atoms with E-state index in [4.69, 9.17) is 9.72 Å². The van der Waals surface area contributed by atoms with Gasteiger partial charge in [0, 0.05) is 102 Å². The number of aromatic hydroxyl groups is 1. The van der Waals surface area contributed by atoms with Crippen LogP contribution < -0.4 is 4.90 Å². The maximum absolute atomic E-state index is 14.8. The molecule has 0 spiro atoms. The summed E-state index contributed by atoms with van der Waals surface area (Å²) in [4.78, 5) is 70.3. The lowest BCUT2D eigenvalue weighted by atomic mass is 9.97. The molecule has 6 heterocycles. The van der Waals surface area contributed by atoms with E-state index in [1.165, 1.54) is 0 Å². The Bertz CT molecular complexity index is 2530. The van der Waals surface area contributed by atoms with Crippen molar-refractivity contribution in [3.8, 4) is 5.75 Å². The zero-order valence-corrected chi connectivity index (χ0v) is 37.3. The first kappa shape index (κ1) is 43.9. The number of anilines is 1. The first-order valence-corrected chi connectivity index (χ1v) is 22.7. The molecule has 2 atom stereocenters. The van der Waals surface area contributed by atoms with Gasteiger partial charge in [0.1, 0.15) is 23.8 Å². The number of aryl methyl sites for hydroxylation is 2. The van der Waals surface area contributed by atoms with Gasteiger partial charge in [-0.3, -0.25) is 24.1 Å². The van der Waals surface area contributed by atoms with Crippen LogP contribution in [0.4, 0.5) is 5.82 Å². The topological polar surface area (TPSA) is 135 Å². The number of ether oxygens (including phenoxy) is 1. The molecule has 3 aromatic carbocycles. The first-order valence-electron chi connectivity index (χ1n) is 22.7. The third kappa shape index (κ3) is 9.15. The number of hydrazine groups is 1. The summed E-state index contributed by atoms with van der Waals surface area (Å²) in [6, 6.07) is 25.9. The Morgan fingerprint density at radius 3 is 2.37 bits per heavy atom. The Kier molecular flexibility index (Phi) is 12.8. The fourth-order valence-electron chi connectivity index (χ4n) is 10.2. The summed E-state index contributed by atoms with van der Waals surface area (Å²) >= 11 is 0. The Labute approximate surface area is 380 Å². The quantitative estimate of drug-likeness (QED) is 0.113. The fourth-order valence-corrected chi connectivity index (χ4v) is 10.2. The summed E-state index contributed by atoms with van der Waals surface area (Å²) < 4.78 is 7.49. The lowest BCUT2D eigenvalue weighted by Gasteiger charge is -2.55. The van der Waals surface area contributed by atoms with E-state index in [1.54, 1.807) is 57.3 Å². The molecule has 338 valence electrons. The van der Waals surface area contributed by atoms with Crippen molar-refractivity contribution in [2.45, 2.75) is 69.4 Å². The fraction of sp³-hybridized carbons (Fsp3) is 0.392. The molecule has 5 aromatic rings. The lowest BCUT2D eigenvalue weighted by molar-refractivity contribution is -0.205. The van der Waals surface area contributed by atoms with Gasteiger partial charge in [0.2, 0.25) is 17.7 Å². The SMILES string of the molecule is C=CCN1CC(=O)N2[C@@H](Cc3ccc(O)cc3)C(=O)N(Cc3cccc4c(C(=O)Cc5ccc(N6CC(N7CCC(OC)CC7)C6)nc5)cn(C)c34)C[C@@H]2N1C(=O)CCc1ccccc1. The summed E-state index contributed by atoms with van der Waals surface area (Å²) in [5.41, 5.74) is 4.89. The number of piperidine rings is 1. The number of methoxy groups -OCH3 is 1. The van der Waals surface area contributed by atoms with Gasteiger partial charge in [-0.2, -0.15) is 0 Å². The summed E-state index contributed by atoms with van der Waals surface area (Å²) in [5, 5.41) is 14.2. The minimum absolute atomic E-state index is 0.0305. The highest BCUT2D eigenvalue weighted by molar-refractivity contribution is 6.09. The molecule has 0 radical (unpaired) electrons. The molecule has 4 fully saturated rings. The summed E-state index contributed by atoms with van der Waals surface area (Å²) in [7, 11) is 3.71. The Balaban J connectivity index is 0.943. The van der Waals surface area contributed by atoms with E-state index in [2.05, 4.69) is 16.4 Å². The van der Waals surface area contributed by atoms with Crippen molar-refractivity contribution < 1.29 is 29.0 Å². The number of Topliss-reactive ketones (excluding diaryl/α,β-unsaturated/α-hetero) is 1. The number of likely N-dealkylation sites (tertiary alicyclic amines) is 1. The summed E-state index contributed by atoms with van der Waals surface area (Å²) in [5.74, 6) is 0.345. The van der Waals surface area contributed by atoms with Crippen molar-refractivity contribution in [3.05, 3.63) is 138 Å². The number of para-hydroxylation sites is 1. The number of pyridine rings is 1. The number of hydrogen-bond acceptors (Lipinski definition) is 10. The average molecular weight is 879 g/mol. The van der Waals surface area contributed by atoms with Crippen LogP contribution in [0.1, 0.15) is 51.9 Å². The number of phenols is 1. The Morgan fingerprint density at radius 1 is 0.908 bits per heavy atom. The molecule has 0 saturated carbocycles. The maximum atomic E-state index is 14.8. The van der Waals surface area contributed by atoms with Crippen LogP contribution >= 0.6 is 0 Å². The predicted molar refractivity (Wildman–Crippen MR) is 248 cm³/mol. The number of nitrogens with zero attached hydrogens (tertiary/aromatic N) is 8. The zero-order valence-electron chi connectivity index (χ0n) is 37.3. The molecule has 0 bridgehead atoms. The number of rotatable bonds is 15. The van der Waals surface area contributed by atoms with E-state index in [0.29, 0.717) is 24.1 Å². The van der Waals surface area contributed by atoms with Gasteiger partial charge in [-0.05, 0) is 59.7 Å². The van der Waals surface area contributed by atoms with Crippen LogP contribution in [0.25, 0.3) is 10.9 Å². The molecule has 4 aliphatic rings. The second-order valence-corrected chi connectivity index (χ2v) is 17.9. The van der Waals surface area contributed by atoms with E-state index in [9.17, 15) is 24.3 Å². The molecule has 3 amide bonds. The second kappa shape index (κ2) is 19.0. The highest BCUT2D eigenvalue weighted by Gasteiger charge is 2.51. The van der Waals surface area contributed by atoms with Crippen LogP contribution in [0.5, 0.6) is 5.75 Å². The van der Waals surface area contributed by atoms with E-state index in [0.717, 1.165) is 78.0 Å². The van der Waals surface area contributed by atoms with Crippen molar-refractivity contribution in [2.75, 3.05) is 57.8 Å². The van der Waals surface area contributed by atoms with E-state index >= 15 is 0 Å². The molecule has 9 rings (SSSR count). The van der Waals surface area contributed by atoms with Gasteiger partial charge in [0.15, 0.2) is 5.78 Å². The number of benzene rings is 3. The number of carbonyl (C=O) groups is 4. The number of phenolic OH excluding ortho intramolecular Hbond substituents is 1. The molecule has 65 heavy (non-hydrogen) atoms. The van der Waals surface area contributed by atoms with Crippen LogP contribution in [-0.4, -0.2) is 140 Å². The van der Waals surface area contributed by atoms with Crippen LogP contribution in [-0.2, 0) is 52.0 Å². The van der Waals surface area contributed by atoms with Gasteiger partial charge in [-0.15, -0.1) is 6.58 Å². The van der Waals surface area contributed by atoms with E-state index in [-0.39, 0.29) is 74.7 Å². The van der Waals surface area contributed by atoms with Gasteiger partial charge in [0.25, 0.3) is 0 Å². The second-order valence-electron chi connectivity index (χ2n) is 17.9. The predicted octanol–water partition coefficient (Wildman–Crippen LogP) is 4.99. The minimum Gasteiger partial charge on any atom is -0.508 e. The number of piperazine rings is 1. The van der Waals surface area contributed by atoms with Gasteiger partial charge in [0.05, 0.1) is 24.7 Å². The molecule has 0 aliphatic carbocycles. The smallest absolute Gasteiger partial charge is 0.246 e. The van der Waals surface area contributed by atoms with Crippen LogP contribution in [0.2, 0.25) is 0 Å². The number of aromatic nitrogens is 2. The Morgan fingerprint density at radius 2 is 1.66 bits per heavy atom. The molecule has 14 nitrogen and oxygen atoms in total. The summed E-state index contributed by atoms with van der Waals surface area (Å²) in [6.07, 6.45) is 8.21.